The van der Waals surface area contributed by atoms with Crippen LogP contribution in [0.2, 0.25) is 0 Å². The summed E-state index contributed by atoms with van der Waals surface area (Å²) in [5.41, 5.74) is 11.6. The normalized spacial score (nSPS) is 11.6. The maximum Gasteiger partial charge on any atom is 0.232 e. The first-order chi connectivity index (χ1) is 15.4. The van der Waals surface area contributed by atoms with Gasteiger partial charge in [0.25, 0.3) is 0 Å². The summed E-state index contributed by atoms with van der Waals surface area (Å²) < 4.78 is 34.3. The van der Waals surface area contributed by atoms with E-state index >= 15 is 0 Å². The molecule has 0 atom stereocenters. The van der Waals surface area contributed by atoms with Gasteiger partial charge in [-0.3, -0.25) is 9.71 Å². The summed E-state index contributed by atoms with van der Waals surface area (Å²) in [5.74, 6) is 0.779. The van der Waals surface area contributed by atoms with E-state index in [0.29, 0.717) is 18.0 Å². The second-order valence-corrected chi connectivity index (χ2v) is 9.43. The number of rotatable bonds is 8. The number of nitrogen functional groups attached to an aromatic ring is 1. The number of fused-ring (bicyclic) bond motifs is 1. The molecule has 2 aromatic heterocycles. The summed E-state index contributed by atoms with van der Waals surface area (Å²) in [5, 5.41) is 0.950. The zero-order valence-electron chi connectivity index (χ0n) is 18.1. The second kappa shape index (κ2) is 8.92. The van der Waals surface area contributed by atoms with E-state index in [9.17, 15) is 8.42 Å². The number of nitrogens with two attached hydrogens (primary N) is 1. The summed E-state index contributed by atoms with van der Waals surface area (Å²) in [4.78, 5) is 4.11. The van der Waals surface area contributed by atoms with Crippen LogP contribution < -0.4 is 15.2 Å². The Hall–Kier alpha value is -3.52. The lowest BCUT2D eigenvalue weighted by Gasteiger charge is -2.11. The topological polar surface area (TPSA) is 99.2 Å². The molecule has 32 heavy (non-hydrogen) atoms. The Labute approximate surface area is 187 Å². The predicted octanol–water partition coefficient (Wildman–Crippen LogP) is 4.65. The van der Waals surface area contributed by atoms with Crippen LogP contribution in [0.1, 0.15) is 19.4 Å². The highest BCUT2D eigenvalue weighted by molar-refractivity contribution is 7.92. The number of nitrogens with zero attached hydrogens (tertiary/aromatic N) is 2. The van der Waals surface area contributed by atoms with E-state index in [1.165, 1.54) is 0 Å². The van der Waals surface area contributed by atoms with Crippen molar-refractivity contribution in [2.75, 3.05) is 16.2 Å². The minimum atomic E-state index is -3.32. The molecule has 2 heterocycles. The van der Waals surface area contributed by atoms with Gasteiger partial charge in [0, 0.05) is 47.2 Å². The Morgan fingerprint density at radius 1 is 1.09 bits per heavy atom. The summed E-state index contributed by atoms with van der Waals surface area (Å²) in [6, 6.07) is 17.0. The number of anilines is 2. The highest BCUT2D eigenvalue weighted by Gasteiger charge is 2.17. The predicted molar refractivity (Wildman–Crippen MR) is 129 cm³/mol. The summed E-state index contributed by atoms with van der Waals surface area (Å²) in [6.45, 7) is 4.82. The fourth-order valence-electron chi connectivity index (χ4n) is 3.68. The minimum absolute atomic E-state index is 0.0248. The van der Waals surface area contributed by atoms with Crippen molar-refractivity contribution in [3.8, 4) is 17.0 Å². The van der Waals surface area contributed by atoms with Gasteiger partial charge in [0.1, 0.15) is 12.4 Å². The maximum atomic E-state index is 11.8. The highest BCUT2D eigenvalue weighted by Crippen LogP contribution is 2.38. The lowest BCUT2D eigenvalue weighted by atomic mass is 10.1. The quantitative estimate of drug-likeness (QED) is 0.407. The van der Waals surface area contributed by atoms with Crippen LogP contribution in [0.3, 0.4) is 0 Å². The number of benzene rings is 2. The molecule has 166 valence electrons. The summed E-state index contributed by atoms with van der Waals surface area (Å²) in [7, 11) is -3.32. The molecular formula is C24H26N4O3S. The first-order valence-electron chi connectivity index (χ1n) is 10.5. The standard InChI is InChI=1S/C24H26N4O3S/c1-3-28-22-14-20(31-16-17-6-5-13-26-15-17)11-12-21(22)23(25)24(28)18-7-9-19(10-8-18)27-32(29,30)4-2/h5-15,27H,3-4,16,25H2,1-2H3. The molecule has 0 unspecified atom stereocenters. The molecule has 0 bridgehead atoms. The van der Waals surface area contributed by atoms with Crippen molar-refractivity contribution in [3.05, 3.63) is 72.6 Å². The number of nitrogens with one attached hydrogen (secondary N) is 1. The molecule has 0 amide bonds. The first kappa shape index (κ1) is 21.7. The van der Waals surface area contributed by atoms with E-state index in [0.717, 1.165) is 40.0 Å². The van der Waals surface area contributed by atoms with Crippen molar-refractivity contribution in [1.29, 1.82) is 0 Å². The number of hydrogen-bond donors (Lipinski definition) is 2. The Balaban J connectivity index is 1.67. The number of hydrogen-bond acceptors (Lipinski definition) is 5. The van der Waals surface area contributed by atoms with Gasteiger partial charge in [-0.1, -0.05) is 18.2 Å². The summed E-state index contributed by atoms with van der Waals surface area (Å²) in [6.07, 6.45) is 3.52. The number of aromatic nitrogens is 2. The minimum Gasteiger partial charge on any atom is -0.489 e. The van der Waals surface area contributed by atoms with E-state index in [2.05, 4.69) is 21.2 Å². The van der Waals surface area contributed by atoms with Gasteiger partial charge in [-0.25, -0.2) is 8.42 Å². The average molecular weight is 451 g/mol. The van der Waals surface area contributed by atoms with Crippen molar-refractivity contribution in [2.24, 2.45) is 0 Å². The van der Waals surface area contributed by atoms with Crippen molar-refractivity contribution >= 4 is 32.3 Å². The molecule has 0 aliphatic heterocycles. The van der Waals surface area contributed by atoms with Crippen molar-refractivity contribution < 1.29 is 13.2 Å². The molecule has 4 aromatic rings. The molecular weight excluding hydrogens is 424 g/mol. The third-order valence-corrected chi connectivity index (χ3v) is 6.64. The molecule has 0 aliphatic carbocycles. The van der Waals surface area contributed by atoms with Gasteiger partial charge < -0.3 is 15.0 Å². The smallest absolute Gasteiger partial charge is 0.232 e. The van der Waals surface area contributed by atoms with Crippen molar-refractivity contribution in [2.45, 2.75) is 27.0 Å². The Morgan fingerprint density at radius 2 is 1.88 bits per heavy atom. The van der Waals surface area contributed by atoms with E-state index in [4.69, 9.17) is 10.5 Å². The van der Waals surface area contributed by atoms with Crippen LogP contribution in [0.4, 0.5) is 11.4 Å². The van der Waals surface area contributed by atoms with Crippen LogP contribution in [0.15, 0.2) is 67.0 Å². The monoisotopic (exact) mass is 450 g/mol. The van der Waals surface area contributed by atoms with Crippen LogP contribution >= 0.6 is 0 Å². The van der Waals surface area contributed by atoms with Crippen molar-refractivity contribution in [1.82, 2.24) is 9.55 Å². The van der Waals surface area contributed by atoms with Gasteiger partial charge in [0.05, 0.1) is 22.7 Å². The van der Waals surface area contributed by atoms with Crippen LogP contribution in [-0.2, 0) is 23.2 Å². The van der Waals surface area contributed by atoms with Crippen LogP contribution in [0, 0.1) is 0 Å². The molecule has 0 saturated heterocycles. The fourth-order valence-corrected chi connectivity index (χ4v) is 4.32. The third-order valence-electron chi connectivity index (χ3n) is 5.33. The van der Waals surface area contributed by atoms with Crippen molar-refractivity contribution in [3.63, 3.8) is 0 Å². The molecule has 0 spiro atoms. The molecule has 8 heteroatoms. The van der Waals surface area contributed by atoms with Gasteiger partial charge in [-0.2, -0.15) is 0 Å². The summed E-state index contributed by atoms with van der Waals surface area (Å²) >= 11 is 0. The largest absolute Gasteiger partial charge is 0.489 e. The Kier molecular flexibility index (Phi) is 6.05. The van der Waals surface area contributed by atoms with Crippen LogP contribution in [-0.4, -0.2) is 23.7 Å². The molecule has 4 rings (SSSR count). The van der Waals surface area contributed by atoms with Gasteiger partial charge in [-0.05, 0) is 44.2 Å². The van der Waals surface area contributed by atoms with Gasteiger partial charge in [-0.15, -0.1) is 0 Å². The number of ether oxygens (including phenoxy) is 1. The molecule has 0 aliphatic rings. The fraction of sp³-hybridized carbons (Fsp3) is 0.208. The van der Waals surface area contributed by atoms with E-state index in [-0.39, 0.29) is 5.75 Å². The van der Waals surface area contributed by atoms with Gasteiger partial charge in [0.15, 0.2) is 0 Å². The van der Waals surface area contributed by atoms with Gasteiger partial charge in [0.2, 0.25) is 10.0 Å². The van der Waals surface area contributed by atoms with Gasteiger partial charge >= 0.3 is 0 Å². The van der Waals surface area contributed by atoms with E-state index in [1.54, 1.807) is 31.5 Å². The Bertz CT molecular complexity index is 1330. The lowest BCUT2D eigenvalue weighted by Crippen LogP contribution is -2.14. The number of pyridine rings is 1. The molecule has 0 radical (unpaired) electrons. The molecule has 2 aromatic carbocycles. The average Bonchev–Trinajstić information content (AvgIpc) is 3.09. The lowest BCUT2D eigenvalue weighted by molar-refractivity contribution is 0.306. The SMILES string of the molecule is CCn1c(-c2ccc(NS(=O)(=O)CC)cc2)c(N)c2ccc(OCc3cccnc3)cc21. The molecule has 3 N–H and O–H groups in total. The Morgan fingerprint density at radius 3 is 2.53 bits per heavy atom. The number of sulfonamides is 1. The van der Waals surface area contributed by atoms with Crippen LogP contribution in [0.25, 0.3) is 22.2 Å². The van der Waals surface area contributed by atoms with E-state index < -0.39 is 10.0 Å². The maximum absolute atomic E-state index is 11.8. The third kappa shape index (κ3) is 4.40. The highest BCUT2D eigenvalue weighted by atomic mass is 32.2. The number of aryl methyl sites for hydroxylation is 1. The molecule has 0 saturated carbocycles. The second-order valence-electron chi connectivity index (χ2n) is 7.42. The first-order valence-corrected chi connectivity index (χ1v) is 12.1. The molecule has 0 fully saturated rings. The molecule has 7 nitrogen and oxygen atoms in total. The van der Waals surface area contributed by atoms with E-state index in [1.807, 2.05) is 42.5 Å². The van der Waals surface area contributed by atoms with Crippen LogP contribution in [0.5, 0.6) is 5.75 Å². The zero-order valence-corrected chi connectivity index (χ0v) is 18.9. The zero-order chi connectivity index (χ0) is 22.7.